The van der Waals surface area contributed by atoms with Crippen LogP contribution in [0.3, 0.4) is 0 Å². The highest BCUT2D eigenvalue weighted by Crippen LogP contribution is 2.30. The number of primary amides is 1. The second-order valence-corrected chi connectivity index (χ2v) is 6.04. The highest BCUT2D eigenvalue weighted by molar-refractivity contribution is 5.93. The molecule has 0 heterocycles. The van der Waals surface area contributed by atoms with Crippen LogP contribution in [0.4, 0.5) is 5.69 Å². The Balaban J connectivity index is 1.93. The molecule has 0 atom stereocenters. The molecule has 1 saturated carbocycles. The number of carbonyl (C=O) groups excluding carboxylic acids is 1. The van der Waals surface area contributed by atoms with E-state index in [9.17, 15) is 4.79 Å². The van der Waals surface area contributed by atoms with Gasteiger partial charge in [0.15, 0.2) is 0 Å². The van der Waals surface area contributed by atoms with Crippen LogP contribution in [0.2, 0.25) is 0 Å². The summed E-state index contributed by atoms with van der Waals surface area (Å²) in [6.45, 7) is 4.30. The zero-order valence-electron chi connectivity index (χ0n) is 12.6. The molecule has 0 bridgehead atoms. The summed E-state index contributed by atoms with van der Waals surface area (Å²) in [6, 6.07) is 6.22. The van der Waals surface area contributed by atoms with Crippen molar-refractivity contribution in [2.75, 3.05) is 5.32 Å². The smallest absolute Gasteiger partial charge is 0.248 e. The maximum atomic E-state index is 11.2. The molecule has 1 aliphatic carbocycles. The molecule has 2 rings (SSSR count). The van der Waals surface area contributed by atoms with Crippen molar-refractivity contribution in [1.82, 2.24) is 0 Å². The molecule has 1 amide bonds. The van der Waals surface area contributed by atoms with E-state index in [1.807, 2.05) is 19.1 Å². The maximum Gasteiger partial charge on any atom is 0.248 e. The van der Waals surface area contributed by atoms with Crippen LogP contribution in [0.5, 0.6) is 0 Å². The third-order valence-electron chi connectivity index (χ3n) is 4.41. The molecule has 1 fully saturated rings. The molecule has 0 aromatic heterocycles. The van der Waals surface area contributed by atoms with E-state index in [-0.39, 0.29) is 5.91 Å². The molecule has 0 spiro atoms. The number of aryl methyl sites for hydroxylation is 1. The maximum absolute atomic E-state index is 11.2. The lowest BCUT2D eigenvalue weighted by molar-refractivity contribution is 0.1000. The van der Waals surface area contributed by atoms with Crippen LogP contribution in [0.25, 0.3) is 0 Å². The van der Waals surface area contributed by atoms with Crippen molar-refractivity contribution in [2.24, 2.45) is 11.7 Å². The zero-order valence-corrected chi connectivity index (χ0v) is 12.6. The van der Waals surface area contributed by atoms with Gasteiger partial charge in [-0.05, 0) is 62.3 Å². The van der Waals surface area contributed by atoms with Gasteiger partial charge in [0.2, 0.25) is 5.91 Å². The summed E-state index contributed by atoms with van der Waals surface area (Å²) < 4.78 is 0. The zero-order chi connectivity index (χ0) is 14.5. The van der Waals surface area contributed by atoms with Crippen molar-refractivity contribution in [3.05, 3.63) is 29.3 Å². The van der Waals surface area contributed by atoms with Crippen LogP contribution in [-0.2, 0) is 0 Å². The van der Waals surface area contributed by atoms with Crippen molar-refractivity contribution >= 4 is 11.6 Å². The molecule has 0 aliphatic heterocycles. The molecule has 110 valence electrons. The van der Waals surface area contributed by atoms with E-state index in [1.165, 1.54) is 38.5 Å². The number of anilines is 1. The number of amides is 1. The Morgan fingerprint density at radius 3 is 2.55 bits per heavy atom. The second kappa shape index (κ2) is 6.78. The molecular weight excluding hydrogens is 248 g/mol. The average molecular weight is 274 g/mol. The van der Waals surface area contributed by atoms with E-state index in [2.05, 4.69) is 12.2 Å². The largest absolute Gasteiger partial charge is 0.382 e. The van der Waals surface area contributed by atoms with Gasteiger partial charge in [-0.25, -0.2) is 0 Å². The fourth-order valence-corrected chi connectivity index (χ4v) is 3.20. The minimum atomic E-state index is -0.361. The van der Waals surface area contributed by atoms with Crippen molar-refractivity contribution in [1.29, 1.82) is 0 Å². The van der Waals surface area contributed by atoms with Crippen LogP contribution in [-0.4, -0.2) is 11.9 Å². The second-order valence-electron chi connectivity index (χ2n) is 6.04. The van der Waals surface area contributed by atoms with E-state index in [0.717, 1.165) is 17.2 Å². The number of carbonyl (C=O) groups is 1. The molecule has 1 aromatic rings. The Morgan fingerprint density at radius 1 is 1.30 bits per heavy atom. The van der Waals surface area contributed by atoms with Gasteiger partial charge in [0.25, 0.3) is 0 Å². The molecule has 0 saturated heterocycles. The molecule has 1 aliphatic rings. The van der Waals surface area contributed by atoms with Crippen LogP contribution >= 0.6 is 0 Å². The predicted octanol–water partition coefficient (Wildman–Crippen LogP) is 3.86. The first-order valence-electron chi connectivity index (χ1n) is 7.77. The molecule has 1 aromatic carbocycles. The van der Waals surface area contributed by atoms with Crippen molar-refractivity contribution < 1.29 is 4.79 Å². The van der Waals surface area contributed by atoms with Gasteiger partial charge >= 0.3 is 0 Å². The predicted molar refractivity (Wildman–Crippen MR) is 84.0 cm³/mol. The number of nitrogens with two attached hydrogens (primary N) is 1. The Labute approximate surface area is 121 Å². The minimum absolute atomic E-state index is 0.361. The number of benzene rings is 1. The van der Waals surface area contributed by atoms with E-state index in [0.29, 0.717) is 11.6 Å². The lowest BCUT2D eigenvalue weighted by atomic mass is 9.83. The Morgan fingerprint density at radius 2 is 2.00 bits per heavy atom. The van der Waals surface area contributed by atoms with E-state index in [1.54, 1.807) is 6.07 Å². The molecule has 3 heteroatoms. The van der Waals surface area contributed by atoms with Crippen LogP contribution in [0.1, 0.15) is 61.4 Å². The first kappa shape index (κ1) is 14.9. The topological polar surface area (TPSA) is 55.1 Å². The molecule has 0 unspecified atom stereocenters. The summed E-state index contributed by atoms with van der Waals surface area (Å²) in [5.74, 6) is 0.566. The molecule has 3 N–H and O–H groups in total. The van der Waals surface area contributed by atoms with Gasteiger partial charge in [0, 0.05) is 17.3 Å². The summed E-state index contributed by atoms with van der Waals surface area (Å²) in [5, 5.41) is 3.63. The van der Waals surface area contributed by atoms with Crippen molar-refractivity contribution in [3.63, 3.8) is 0 Å². The van der Waals surface area contributed by atoms with Gasteiger partial charge in [-0.1, -0.05) is 19.8 Å². The van der Waals surface area contributed by atoms with Gasteiger partial charge in [0.05, 0.1) is 0 Å². The monoisotopic (exact) mass is 274 g/mol. The summed E-state index contributed by atoms with van der Waals surface area (Å²) in [6.07, 6.45) is 7.85. The minimum Gasteiger partial charge on any atom is -0.382 e. The Kier molecular flexibility index (Phi) is 5.05. The number of hydrogen-bond donors (Lipinski definition) is 2. The van der Waals surface area contributed by atoms with Crippen LogP contribution in [0, 0.1) is 12.8 Å². The quantitative estimate of drug-likeness (QED) is 0.856. The number of hydrogen-bond acceptors (Lipinski definition) is 2. The van der Waals surface area contributed by atoms with Gasteiger partial charge in [-0.3, -0.25) is 4.79 Å². The SMILES string of the molecule is CCCC1CCC(Nc2ccc(C(N)=O)cc2C)CC1. The first-order chi connectivity index (χ1) is 9.60. The highest BCUT2D eigenvalue weighted by Gasteiger charge is 2.20. The highest BCUT2D eigenvalue weighted by atomic mass is 16.1. The van der Waals surface area contributed by atoms with Crippen LogP contribution in [0.15, 0.2) is 18.2 Å². The molecule has 20 heavy (non-hydrogen) atoms. The fourth-order valence-electron chi connectivity index (χ4n) is 3.20. The average Bonchev–Trinajstić information content (AvgIpc) is 2.43. The number of nitrogens with one attached hydrogen (secondary N) is 1. The van der Waals surface area contributed by atoms with Gasteiger partial charge in [-0.2, -0.15) is 0 Å². The van der Waals surface area contributed by atoms with Crippen molar-refractivity contribution in [2.45, 2.75) is 58.4 Å². The van der Waals surface area contributed by atoms with Crippen LogP contribution < -0.4 is 11.1 Å². The molecular formula is C17H26N2O. The van der Waals surface area contributed by atoms with E-state index in [4.69, 9.17) is 5.73 Å². The lowest BCUT2D eigenvalue weighted by Crippen LogP contribution is -2.26. The third kappa shape index (κ3) is 3.75. The van der Waals surface area contributed by atoms with Gasteiger partial charge in [0.1, 0.15) is 0 Å². The molecule has 0 radical (unpaired) electrons. The summed E-state index contributed by atoms with van der Waals surface area (Å²) >= 11 is 0. The normalized spacial score (nSPS) is 22.5. The van der Waals surface area contributed by atoms with Crippen molar-refractivity contribution in [3.8, 4) is 0 Å². The summed E-state index contributed by atoms with van der Waals surface area (Å²) in [4.78, 5) is 11.2. The third-order valence-corrected chi connectivity index (χ3v) is 4.41. The summed E-state index contributed by atoms with van der Waals surface area (Å²) in [5.41, 5.74) is 8.11. The standard InChI is InChI=1S/C17H26N2O/c1-3-4-13-5-8-15(9-6-13)19-16-10-7-14(17(18)20)11-12(16)2/h7,10-11,13,15,19H,3-6,8-9H2,1-2H3,(H2,18,20). The first-order valence-corrected chi connectivity index (χ1v) is 7.77. The Hall–Kier alpha value is -1.51. The number of rotatable bonds is 5. The lowest BCUT2D eigenvalue weighted by Gasteiger charge is -2.30. The molecule has 3 nitrogen and oxygen atoms in total. The van der Waals surface area contributed by atoms with E-state index < -0.39 is 0 Å². The van der Waals surface area contributed by atoms with E-state index >= 15 is 0 Å². The summed E-state index contributed by atoms with van der Waals surface area (Å²) in [7, 11) is 0. The Bertz CT molecular complexity index is 462. The van der Waals surface area contributed by atoms with Gasteiger partial charge < -0.3 is 11.1 Å². The fraction of sp³-hybridized carbons (Fsp3) is 0.588. The van der Waals surface area contributed by atoms with Gasteiger partial charge in [-0.15, -0.1) is 0 Å².